The Labute approximate surface area is 333 Å². The summed E-state index contributed by atoms with van der Waals surface area (Å²) in [5.74, 6) is 0.778. The van der Waals surface area contributed by atoms with Gasteiger partial charge in [-0.2, -0.15) is 0 Å². The monoisotopic (exact) mass is 796 g/mol. The molecule has 0 radical (unpaired) electrons. The summed E-state index contributed by atoms with van der Waals surface area (Å²) < 4.78 is 49.6. The van der Waals surface area contributed by atoms with E-state index in [1.54, 1.807) is 13.0 Å². The topological polar surface area (TPSA) is 101 Å². The Morgan fingerprint density at radius 1 is 1.02 bits per heavy atom. The van der Waals surface area contributed by atoms with Crippen LogP contribution < -0.4 is 14.4 Å². The normalized spacial score (nSPS) is 31.4. The van der Waals surface area contributed by atoms with Crippen LogP contribution in [0.15, 0.2) is 48.6 Å². The lowest BCUT2D eigenvalue weighted by Crippen LogP contribution is -2.62. The average molecular weight is 798 g/mol. The van der Waals surface area contributed by atoms with Gasteiger partial charge in [0.1, 0.15) is 18.0 Å². The van der Waals surface area contributed by atoms with Crippen molar-refractivity contribution in [3.05, 3.63) is 70.3 Å². The molecule has 3 fully saturated rings. The van der Waals surface area contributed by atoms with Gasteiger partial charge in [0.15, 0.2) is 0 Å². The highest BCUT2D eigenvalue weighted by Crippen LogP contribution is 2.47. The lowest BCUT2D eigenvalue weighted by Gasteiger charge is -2.53. The number of piperazine rings is 1. The van der Waals surface area contributed by atoms with Crippen LogP contribution in [0, 0.1) is 23.7 Å². The molecule has 1 aliphatic carbocycles. The second kappa shape index (κ2) is 17.4. The highest BCUT2D eigenvalue weighted by molar-refractivity contribution is 7.90. The highest BCUT2D eigenvalue weighted by atomic mass is 35.5. The fourth-order valence-corrected chi connectivity index (χ4v) is 10.7. The zero-order valence-electron chi connectivity index (χ0n) is 33.2. The van der Waals surface area contributed by atoms with Crippen molar-refractivity contribution in [1.82, 2.24) is 14.5 Å². The van der Waals surface area contributed by atoms with E-state index in [0.29, 0.717) is 48.8 Å². The van der Waals surface area contributed by atoms with Gasteiger partial charge in [0.25, 0.3) is 5.91 Å². The number of rotatable bonds is 5. The van der Waals surface area contributed by atoms with Gasteiger partial charge in [-0.05, 0) is 111 Å². The SMILES string of the molecule is CC(C)CO[C@@]1(CN2CCN3CCOC[C@@H]3C2)/C=C/C[C@H](C)[C@@H](C)S(=O)(=O)NC(=O)c2ccc3c(c2)N(CCCCc2cc(Cl)ccc2CO3)C[C@@H]2CC[C@H]21. The number of nitrogens with zero attached hydrogens (tertiary/aromatic N) is 3. The number of hydrogen-bond donors (Lipinski definition) is 1. The predicted molar refractivity (Wildman–Crippen MR) is 219 cm³/mol. The maximum atomic E-state index is 13.7. The van der Waals surface area contributed by atoms with E-state index in [9.17, 15) is 13.2 Å². The molecule has 0 spiro atoms. The van der Waals surface area contributed by atoms with Crippen molar-refractivity contribution >= 4 is 33.2 Å². The first-order valence-corrected chi connectivity index (χ1v) is 22.5. The van der Waals surface area contributed by atoms with Crippen LogP contribution in [-0.4, -0.2) is 107 Å². The number of aryl methyl sites for hydroxylation is 1. The number of nitrogens with one attached hydrogen (secondary N) is 1. The first kappa shape index (κ1) is 40.5. The van der Waals surface area contributed by atoms with Gasteiger partial charge in [0.2, 0.25) is 10.0 Å². The summed E-state index contributed by atoms with van der Waals surface area (Å²) in [6.07, 6.45) is 9.98. The van der Waals surface area contributed by atoms with Crippen molar-refractivity contribution in [2.75, 3.05) is 70.5 Å². The minimum atomic E-state index is -3.97. The van der Waals surface area contributed by atoms with Gasteiger partial charge in [0.05, 0.1) is 30.8 Å². The number of amides is 1. The van der Waals surface area contributed by atoms with Crippen LogP contribution in [0.25, 0.3) is 0 Å². The summed E-state index contributed by atoms with van der Waals surface area (Å²) in [4.78, 5) is 21.3. The van der Waals surface area contributed by atoms with Gasteiger partial charge in [-0.3, -0.25) is 14.6 Å². The van der Waals surface area contributed by atoms with Crippen molar-refractivity contribution in [3.8, 4) is 5.75 Å². The number of anilines is 1. The molecule has 4 aliphatic heterocycles. The van der Waals surface area contributed by atoms with Crippen LogP contribution in [0.2, 0.25) is 5.02 Å². The number of benzene rings is 2. The number of fused-ring (bicyclic) bond motifs is 4. The Balaban J connectivity index is 1.28. The van der Waals surface area contributed by atoms with Crippen LogP contribution in [0.4, 0.5) is 5.69 Å². The standard InChI is InChI=1S/C43H61ClN4O6S/c1-30(2)26-54-43(29-46-18-19-47-20-21-52-28-38(47)25-46)16-7-8-31(3)32(4)55(50,51)45-42(49)34-12-15-41-40(23-34)48(24-35-11-14-39(35)43)17-6-5-9-33-22-37(44)13-10-36(33)27-53-41/h7,10,12-13,15-16,22-23,30-32,35,38-39H,5-6,8-9,11,14,17-21,24-29H2,1-4H3,(H,45,49)/b16-7+/t31-,32+,35-,38-,39+,43+/m0/s1. The zero-order valence-corrected chi connectivity index (χ0v) is 34.8. The number of carbonyl (C=O) groups excluding carboxylic acids is 1. The minimum Gasteiger partial charge on any atom is -0.487 e. The van der Waals surface area contributed by atoms with Gasteiger partial charge in [0, 0.05) is 62.4 Å². The number of hydrogen-bond acceptors (Lipinski definition) is 9. The molecule has 0 unspecified atom stereocenters. The third-order valence-corrected chi connectivity index (χ3v) is 15.0. The first-order chi connectivity index (χ1) is 26.4. The van der Waals surface area contributed by atoms with Crippen molar-refractivity contribution in [1.29, 1.82) is 0 Å². The van der Waals surface area contributed by atoms with E-state index in [1.165, 1.54) is 5.56 Å². The summed E-state index contributed by atoms with van der Waals surface area (Å²) >= 11 is 6.43. The molecule has 0 aromatic heterocycles. The van der Waals surface area contributed by atoms with Crippen molar-refractivity contribution in [2.45, 2.75) is 89.7 Å². The van der Waals surface area contributed by atoms with Crippen LogP contribution in [0.1, 0.15) is 81.3 Å². The number of carbonyl (C=O) groups is 1. The molecule has 4 heterocycles. The van der Waals surface area contributed by atoms with E-state index in [2.05, 4.69) is 45.4 Å². The molecule has 1 amide bonds. The van der Waals surface area contributed by atoms with Gasteiger partial charge < -0.3 is 19.1 Å². The van der Waals surface area contributed by atoms with Gasteiger partial charge >= 0.3 is 0 Å². The third kappa shape index (κ3) is 9.39. The van der Waals surface area contributed by atoms with E-state index in [1.807, 2.05) is 37.3 Å². The van der Waals surface area contributed by atoms with E-state index in [0.717, 1.165) is 107 Å². The zero-order chi connectivity index (χ0) is 38.7. The first-order valence-electron chi connectivity index (χ1n) is 20.6. The maximum absolute atomic E-state index is 13.7. The fourth-order valence-electron chi connectivity index (χ4n) is 9.17. The molecular formula is C43H61ClN4O6S. The predicted octanol–water partition coefficient (Wildman–Crippen LogP) is 6.56. The maximum Gasteiger partial charge on any atom is 0.264 e. The Morgan fingerprint density at radius 3 is 2.67 bits per heavy atom. The Bertz CT molecular complexity index is 1810. The summed E-state index contributed by atoms with van der Waals surface area (Å²) in [6, 6.07) is 11.7. The highest BCUT2D eigenvalue weighted by Gasteiger charge is 2.49. The van der Waals surface area contributed by atoms with Gasteiger partial charge in [-0.25, -0.2) is 13.1 Å². The molecule has 2 bridgehead atoms. The lowest BCUT2D eigenvalue weighted by atomic mass is 9.63. The van der Waals surface area contributed by atoms with Crippen LogP contribution in [-0.2, 0) is 32.5 Å². The van der Waals surface area contributed by atoms with Gasteiger partial charge in [-0.1, -0.05) is 50.6 Å². The summed E-state index contributed by atoms with van der Waals surface area (Å²) in [5, 5.41) is -0.0688. The molecule has 302 valence electrons. The molecule has 12 heteroatoms. The number of ether oxygens (including phenoxy) is 3. The molecule has 6 atom stereocenters. The van der Waals surface area contributed by atoms with E-state index >= 15 is 0 Å². The molecular weight excluding hydrogens is 736 g/mol. The van der Waals surface area contributed by atoms with Crippen LogP contribution in [0.3, 0.4) is 0 Å². The van der Waals surface area contributed by atoms with Gasteiger partial charge in [-0.15, -0.1) is 0 Å². The van der Waals surface area contributed by atoms with E-state index < -0.39 is 26.8 Å². The smallest absolute Gasteiger partial charge is 0.264 e. The number of sulfonamides is 1. The molecule has 55 heavy (non-hydrogen) atoms. The molecule has 10 nitrogen and oxygen atoms in total. The summed E-state index contributed by atoms with van der Waals surface area (Å²) in [7, 11) is -3.97. The average Bonchev–Trinajstić information content (AvgIpc) is 3.17. The molecule has 1 saturated carbocycles. The minimum absolute atomic E-state index is 0.230. The Hall–Kier alpha value is -2.67. The number of halogens is 1. The number of allylic oxidation sites excluding steroid dienone is 1. The third-order valence-electron chi connectivity index (χ3n) is 12.8. The summed E-state index contributed by atoms with van der Waals surface area (Å²) in [5.41, 5.74) is 2.85. The molecule has 2 saturated heterocycles. The largest absolute Gasteiger partial charge is 0.487 e. The van der Waals surface area contributed by atoms with Crippen LogP contribution in [0.5, 0.6) is 5.75 Å². The second-order valence-electron chi connectivity index (χ2n) is 17.2. The summed E-state index contributed by atoms with van der Waals surface area (Å²) in [6.45, 7) is 16.9. The van der Waals surface area contributed by atoms with E-state index in [4.69, 9.17) is 25.8 Å². The van der Waals surface area contributed by atoms with Crippen molar-refractivity contribution in [2.24, 2.45) is 23.7 Å². The van der Waals surface area contributed by atoms with Crippen molar-refractivity contribution < 1.29 is 27.4 Å². The second-order valence-corrected chi connectivity index (χ2v) is 19.7. The Kier molecular flexibility index (Phi) is 12.9. The number of morpholine rings is 1. The van der Waals surface area contributed by atoms with E-state index in [-0.39, 0.29) is 11.8 Å². The quantitative estimate of drug-likeness (QED) is 0.338. The van der Waals surface area contributed by atoms with Crippen molar-refractivity contribution in [3.63, 3.8) is 0 Å². The Morgan fingerprint density at radius 2 is 1.87 bits per heavy atom. The lowest BCUT2D eigenvalue weighted by molar-refractivity contribution is -0.130. The molecule has 2 aromatic rings. The molecule has 5 aliphatic rings. The fraction of sp³-hybridized carbons (Fsp3) is 0.651. The molecule has 1 N–H and O–H groups in total. The molecule has 2 aromatic carbocycles. The molecule has 7 rings (SSSR count). The van der Waals surface area contributed by atoms with Crippen LogP contribution >= 0.6 is 11.6 Å².